The molecule has 1 aromatic carbocycles. The van der Waals surface area contributed by atoms with Crippen LogP contribution >= 0.6 is 34.5 Å². The summed E-state index contributed by atoms with van der Waals surface area (Å²) < 4.78 is 0. The van der Waals surface area contributed by atoms with E-state index < -0.39 is 0 Å². The molecule has 3 N–H and O–H groups in total. The van der Waals surface area contributed by atoms with Crippen LogP contribution in [-0.2, 0) is 0 Å². The predicted molar refractivity (Wildman–Crippen MR) is 86.5 cm³/mol. The number of nitrogens with two attached hydrogens (primary N) is 1. The Labute approximate surface area is 130 Å². The first-order chi connectivity index (χ1) is 9.58. The number of anilines is 1. The molecule has 0 bridgehead atoms. The van der Waals surface area contributed by atoms with Crippen LogP contribution in [0.1, 0.15) is 5.56 Å². The summed E-state index contributed by atoms with van der Waals surface area (Å²) in [4.78, 5) is 0.943. The van der Waals surface area contributed by atoms with Gasteiger partial charge in [0.2, 0.25) is 0 Å². The molecule has 0 saturated heterocycles. The Morgan fingerprint density at radius 2 is 1.90 bits per heavy atom. The number of aromatic amines is 1. The molecule has 20 heavy (non-hydrogen) atoms. The average molecular weight is 324 g/mol. The fraction of sp³-hybridized carbons (Fsp3) is 0.0714. The van der Waals surface area contributed by atoms with Gasteiger partial charge in [-0.15, -0.1) is 11.3 Å². The molecule has 3 aromatic rings. The summed E-state index contributed by atoms with van der Waals surface area (Å²) in [6, 6.07) is 7.49. The predicted octanol–water partition coefficient (Wildman–Crippen LogP) is 5.00. The summed E-state index contributed by atoms with van der Waals surface area (Å²) in [5, 5.41) is 10.5. The van der Waals surface area contributed by atoms with Crippen molar-refractivity contribution in [3.63, 3.8) is 0 Å². The van der Waals surface area contributed by atoms with Gasteiger partial charge in [-0.05, 0) is 35.6 Å². The number of halogens is 2. The highest BCUT2D eigenvalue weighted by Gasteiger charge is 2.19. The zero-order valence-corrected chi connectivity index (χ0v) is 12.9. The number of hydrogen-bond acceptors (Lipinski definition) is 3. The summed E-state index contributed by atoms with van der Waals surface area (Å²) in [6.45, 7) is 1.98. The van der Waals surface area contributed by atoms with Crippen molar-refractivity contribution in [1.29, 1.82) is 0 Å². The molecule has 0 fully saturated rings. The monoisotopic (exact) mass is 323 g/mol. The normalized spacial score (nSPS) is 10.9. The minimum Gasteiger partial charge on any atom is -0.382 e. The molecule has 0 radical (unpaired) electrons. The second-order valence-corrected chi connectivity index (χ2v) is 6.12. The molecule has 0 unspecified atom stereocenters. The summed E-state index contributed by atoms with van der Waals surface area (Å²) in [5.74, 6) is 0.449. The maximum atomic E-state index is 6.34. The van der Waals surface area contributed by atoms with Crippen molar-refractivity contribution in [2.24, 2.45) is 0 Å². The standard InChI is InChI=1S/C14H11Cl2N3S/c1-7-6-20-13(11(7)16)12-10(14(17)19-18-12)8-2-4-9(15)5-3-8/h2-6H,1H3,(H3,17,18,19). The number of hydrogen-bond donors (Lipinski definition) is 2. The number of nitrogens with one attached hydrogen (secondary N) is 1. The van der Waals surface area contributed by atoms with Crippen LogP contribution in [0.25, 0.3) is 21.7 Å². The number of aromatic nitrogens is 2. The minimum absolute atomic E-state index is 0.449. The summed E-state index contributed by atoms with van der Waals surface area (Å²) in [7, 11) is 0. The van der Waals surface area contributed by atoms with Gasteiger partial charge in [0.15, 0.2) is 5.82 Å². The Hall–Kier alpha value is -1.49. The number of aryl methyl sites for hydroxylation is 1. The third-order valence-electron chi connectivity index (χ3n) is 3.05. The molecule has 0 aliphatic rings. The fourth-order valence-electron chi connectivity index (χ4n) is 2.03. The second-order valence-electron chi connectivity index (χ2n) is 4.43. The van der Waals surface area contributed by atoms with E-state index in [1.54, 1.807) is 11.3 Å². The smallest absolute Gasteiger partial charge is 0.153 e. The van der Waals surface area contributed by atoms with Crippen molar-refractivity contribution in [2.45, 2.75) is 6.92 Å². The van der Waals surface area contributed by atoms with Crippen LogP contribution in [0.3, 0.4) is 0 Å². The number of thiophene rings is 1. The van der Waals surface area contributed by atoms with Crippen LogP contribution in [-0.4, -0.2) is 10.2 Å². The molecule has 6 heteroatoms. The molecule has 102 valence electrons. The van der Waals surface area contributed by atoms with Gasteiger partial charge in [0.05, 0.1) is 21.2 Å². The van der Waals surface area contributed by atoms with Crippen molar-refractivity contribution in [1.82, 2.24) is 10.2 Å². The fourth-order valence-corrected chi connectivity index (χ4v) is 3.44. The van der Waals surface area contributed by atoms with Gasteiger partial charge in [0.1, 0.15) is 0 Å². The largest absolute Gasteiger partial charge is 0.382 e. The van der Waals surface area contributed by atoms with Crippen LogP contribution in [0.5, 0.6) is 0 Å². The molecule has 2 aromatic heterocycles. The average Bonchev–Trinajstić information content (AvgIpc) is 2.96. The quantitative estimate of drug-likeness (QED) is 0.697. The third-order valence-corrected chi connectivity index (χ3v) is 5.02. The van der Waals surface area contributed by atoms with Crippen molar-refractivity contribution >= 4 is 40.4 Å². The van der Waals surface area contributed by atoms with E-state index >= 15 is 0 Å². The Kier molecular flexibility index (Phi) is 3.46. The second kappa shape index (κ2) is 5.13. The SMILES string of the molecule is Cc1csc(-c2[nH]nc(N)c2-c2ccc(Cl)cc2)c1Cl. The number of rotatable bonds is 2. The van der Waals surface area contributed by atoms with E-state index in [-0.39, 0.29) is 0 Å². The Bertz CT molecular complexity index is 759. The molecule has 3 rings (SSSR count). The Balaban J connectivity index is 2.19. The first kappa shape index (κ1) is 13.5. The highest BCUT2D eigenvalue weighted by Crippen LogP contribution is 2.42. The molecule has 0 amide bonds. The Morgan fingerprint density at radius 3 is 2.50 bits per heavy atom. The molecule has 0 spiro atoms. The van der Waals surface area contributed by atoms with E-state index in [9.17, 15) is 0 Å². The van der Waals surface area contributed by atoms with Crippen LogP contribution in [0, 0.1) is 6.92 Å². The van der Waals surface area contributed by atoms with Crippen LogP contribution in [0.2, 0.25) is 10.0 Å². The summed E-state index contributed by atoms with van der Waals surface area (Å²) in [5.41, 5.74) is 9.68. The first-order valence-electron chi connectivity index (χ1n) is 5.91. The molecule has 0 aliphatic carbocycles. The number of nitrogen functional groups attached to an aromatic ring is 1. The zero-order valence-electron chi connectivity index (χ0n) is 10.6. The topological polar surface area (TPSA) is 54.7 Å². The third kappa shape index (κ3) is 2.20. The van der Waals surface area contributed by atoms with Crippen LogP contribution in [0.15, 0.2) is 29.6 Å². The lowest BCUT2D eigenvalue weighted by Crippen LogP contribution is -1.88. The van der Waals surface area contributed by atoms with E-state index in [0.717, 1.165) is 32.3 Å². The lowest BCUT2D eigenvalue weighted by atomic mass is 10.0. The van der Waals surface area contributed by atoms with Crippen molar-refractivity contribution in [3.05, 3.63) is 45.3 Å². The highest BCUT2D eigenvalue weighted by molar-refractivity contribution is 7.14. The van der Waals surface area contributed by atoms with Gasteiger partial charge in [0, 0.05) is 5.02 Å². The molecule has 0 atom stereocenters. The van der Waals surface area contributed by atoms with Crippen LogP contribution < -0.4 is 5.73 Å². The molecule has 0 aliphatic heterocycles. The number of H-pyrrole nitrogens is 1. The first-order valence-corrected chi connectivity index (χ1v) is 7.55. The molecular weight excluding hydrogens is 313 g/mol. The van der Waals surface area contributed by atoms with Gasteiger partial charge in [-0.1, -0.05) is 35.3 Å². The van der Waals surface area contributed by atoms with Crippen molar-refractivity contribution in [3.8, 4) is 21.7 Å². The minimum atomic E-state index is 0.449. The number of nitrogens with zero attached hydrogens (tertiary/aromatic N) is 1. The lowest BCUT2D eigenvalue weighted by molar-refractivity contribution is 1.11. The van der Waals surface area contributed by atoms with Crippen molar-refractivity contribution < 1.29 is 0 Å². The molecular formula is C14H11Cl2N3S. The maximum Gasteiger partial charge on any atom is 0.153 e. The molecule has 0 saturated carbocycles. The molecule has 3 nitrogen and oxygen atoms in total. The highest BCUT2D eigenvalue weighted by atomic mass is 35.5. The van der Waals surface area contributed by atoms with Crippen LogP contribution in [0.4, 0.5) is 5.82 Å². The summed E-state index contributed by atoms with van der Waals surface area (Å²) in [6.07, 6.45) is 0. The van der Waals surface area contributed by atoms with Crippen molar-refractivity contribution in [2.75, 3.05) is 5.73 Å². The van der Waals surface area contributed by atoms with E-state index in [0.29, 0.717) is 10.8 Å². The van der Waals surface area contributed by atoms with E-state index in [1.807, 2.05) is 36.6 Å². The zero-order chi connectivity index (χ0) is 14.3. The van der Waals surface area contributed by atoms with E-state index in [2.05, 4.69) is 10.2 Å². The van der Waals surface area contributed by atoms with Gasteiger partial charge >= 0.3 is 0 Å². The van der Waals surface area contributed by atoms with Gasteiger partial charge < -0.3 is 5.73 Å². The summed E-state index contributed by atoms with van der Waals surface area (Å²) >= 11 is 13.8. The Morgan fingerprint density at radius 1 is 1.20 bits per heavy atom. The van der Waals surface area contributed by atoms with Gasteiger partial charge in [-0.2, -0.15) is 5.10 Å². The van der Waals surface area contributed by atoms with Gasteiger partial charge in [-0.3, -0.25) is 5.10 Å². The maximum absolute atomic E-state index is 6.34. The van der Waals surface area contributed by atoms with E-state index in [4.69, 9.17) is 28.9 Å². The number of benzene rings is 1. The van der Waals surface area contributed by atoms with Gasteiger partial charge in [0.25, 0.3) is 0 Å². The van der Waals surface area contributed by atoms with Gasteiger partial charge in [-0.25, -0.2) is 0 Å². The molecule has 2 heterocycles. The van der Waals surface area contributed by atoms with E-state index in [1.165, 1.54) is 0 Å². The lowest BCUT2D eigenvalue weighted by Gasteiger charge is -2.04.